The number of nitro benzene ring substituents is 1. The molecule has 0 saturated carbocycles. The lowest BCUT2D eigenvalue weighted by atomic mass is 9.97. The lowest BCUT2D eigenvalue weighted by Gasteiger charge is -2.31. The molecule has 1 fully saturated rings. The Bertz CT molecular complexity index is 1190. The summed E-state index contributed by atoms with van der Waals surface area (Å²) in [5.41, 5.74) is 1.88. The SMILES string of the molecule is COc1cccc(Cc2nsc(N3CCC(CNC(=O)/C=C/c4ccc([N+](=O)[O-])cc4)CC3)n2)c1. The van der Waals surface area contributed by atoms with Gasteiger partial charge in [-0.2, -0.15) is 4.37 Å². The number of benzene rings is 2. The number of ether oxygens (including phenoxy) is 1. The zero-order valence-corrected chi connectivity index (χ0v) is 20.2. The maximum Gasteiger partial charge on any atom is 0.269 e. The largest absolute Gasteiger partial charge is 0.497 e. The van der Waals surface area contributed by atoms with Crippen molar-refractivity contribution in [3.05, 3.63) is 81.7 Å². The van der Waals surface area contributed by atoms with Gasteiger partial charge in [0, 0.05) is 55.8 Å². The zero-order chi connectivity index (χ0) is 24.6. The molecule has 0 spiro atoms. The number of carbonyl (C=O) groups excluding carboxylic acids is 1. The van der Waals surface area contributed by atoms with Crippen LogP contribution < -0.4 is 15.0 Å². The van der Waals surface area contributed by atoms with E-state index in [4.69, 9.17) is 9.72 Å². The lowest BCUT2D eigenvalue weighted by molar-refractivity contribution is -0.384. The van der Waals surface area contributed by atoms with Gasteiger partial charge in [-0.3, -0.25) is 14.9 Å². The van der Waals surface area contributed by atoms with E-state index in [-0.39, 0.29) is 11.6 Å². The minimum absolute atomic E-state index is 0.0274. The predicted octanol–water partition coefficient (Wildman–Crippen LogP) is 4.09. The Hall–Kier alpha value is -3.79. The molecule has 1 aliphatic rings. The van der Waals surface area contributed by atoms with E-state index >= 15 is 0 Å². The molecule has 1 amide bonds. The van der Waals surface area contributed by atoms with Crippen molar-refractivity contribution >= 4 is 34.3 Å². The Labute approximate surface area is 207 Å². The van der Waals surface area contributed by atoms with Gasteiger partial charge in [0.25, 0.3) is 5.69 Å². The van der Waals surface area contributed by atoms with Crippen LogP contribution in [0.5, 0.6) is 5.75 Å². The topological polar surface area (TPSA) is 110 Å². The smallest absolute Gasteiger partial charge is 0.269 e. The number of anilines is 1. The maximum atomic E-state index is 12.2. The van der Waals surface area contributed by atoms with Gasteiger partial charge >= 0.3 is 0 Å². The number of methoxy groups -OCH3 is 1. The van der Waals surface area contributed by atoms with E-state index in [1.807, 2.05) is 24.3 Å². The van der Waals surface area contributed by atoms with Crippen LogP contribution in [0, 0.1) is 16.0 Å². The van der Waals surface area contributed by atoms with E-state index in [2.05, 4.69) is 14.6 Å². The van der Waals surface area contributed by atoms with E-state index in [0.717, 1.165) is 53.8 Å². The summed E-state index contributed by atoms with van der Waals surface area (Å²) >= 11 is 1.43. The van der Waals surface area contributed by atoms with Crippen LogP contribution in [0.2, 0.25) is 0 Å². The first-order valence-electron chi connectivity index (χ1n) is 11.4. The minimum atomic E-state index is -0.447. The molecular weight excluding hydrogens is 466 g/mol. The highest BCUT2D eigenvalue weighted by atomic mass is 32.1. The third-order valence-electron chi connectivity index (χ3n) is 5.93. The average molecular weight is 494 g/mol. The molecule has 2 heterocycles. The standard InChI is InChI=1S/C25H27N5O4S/c1-34-22-4-2-3-20(15-22)16-23-27-25(35-28-23)29-13-11-19(12-14-29)17-26-24(31)10-7-18-5-8-21(9-6-18)30(32)33/h2-10,15,19H,11-14,16-17H2,1H3,(H,26,31)/b10-7+. The summed E-state index contributed by atoms with van der Waals surface area (Å²) in [6.07, 6.45) is 5.72. The van der Waals surface area contributed by atoms with Crippen LogP contribution in [0.25, 0.3) is 6.08 Å². The quantitative estimate of drug-likeness (QED) is 0.271. The fraction of sp³-hybridized carbons (Fsp3) is 0.320. The van der Waals surface area contributed by atoms with Crippen LogP contribution in [-0.4, -0.2) is 46.9 Å². The van der Waals surface area contributed by atoms with Crippen molar-refractivity contribution in [2.24, 2.45) is 5.92 Å². The molecule has 1 aliphatic heterocycles. The molecule has 9 nitrogen and oxygen atoms in total. The van der Waals surface area contributed by atoms with Crippen molar-refractivity contribution in [3.8, 4) is 5.75 Å². The van der Waals surface area contributed by atoms with Gasteiger partial charge in [0.15, 0.2) is 0 Å². The number of rotatable bonds is 9. The van der Waals surface area contributed by atoms with Crippen molar-refractivity contribution in [2.75, 3.05) is 31.6 Å². The second-order valence-electron chi connectivity index (χ2n) is 8.38. The first kappa shape index (κ1) is 24.3. The van der Waals surface area contributed by atoms with Crippen molar-refractivity contribution in [1.29, 1.82) is 0 Å². The summed E-state index contributed by atoms with van der Waals surface area (Å²) in [5, 5.41) is 14.6. The van der Waals surface area contributed by atoms with Crippen molar-refractivity contribution < 1.29 is 14.5 Å². The van der Waals surface area contributed by atoms with Gasteiger partial charge in [-0.05, 0) is 60.2 Å². The summed E-state index contributed by atoms with van der Waals surface area (Å²) in [4.78, 5) is 29.4. The first-order chi connectivity index (χ1) is 17.0. The average Bonchev–Trinajstić information content (AvgIpc) is 3.35. The summed E-state index contributed by atoms with van der Waals surface area (Å²) in [6, 6.07) is 14.0. The Morgan fingerprint density at radius 1 is 1.26 bits per heavy atom. The number of hydrogen-bond donors (Lipinski definition) is 1. The van der Waals surface area contributed by atoms with Gasteiger partial charge in [-0.1, -0.05) is 12.1 Å². The van der Waals surface area contributed by atoms with Crippen LogP contribution in [-0.2, 0) is 11.2 Å². The Morgan fingerprint density at radius 2 is 2.03 bits per heavy atom. The highest BCUT2D eigenvalue weighted by molar-refractivity contribution is 7.09. The molecule has 0 unspecified atom stereocenters. The number of piperidine rings is 1. The normalized spacial score (nSPS) is 14.3. The van der Waals surface area contributed by atoms with Crippen LogP contribution >= 0.6 is 11.5 Å². The molecule has 0 radical (unpaired) electrons. The molecule has 0 aliphatic carbocycles. The lowest BCUT2D eigenvalue weighted by Crippen LogP contribution is -2.38. The number of nitro groups is 1. The zero-order valence-electron chi connectivity index (χ0n) is 19.4. The van der Waals surface area contributed by atoms with E-state index in [9.17, 15) is 14.9 Å². The fourth-order valence-electron chi connectivity index (χ4n) is 3.92. The third kappa shape index (κ3) is 6.86. The highest BCUT2D eigenvalue weighted by Gasteiger charge is 2.22. The third-order valence-corrected chi connectivity index (χ3v) is 6.75. The van der Waals surface area contributed by atoms with E-state index in [1.165, 1.54) is 29.7 Å². The molecular formula is C25H27N5O4S. The number of nitrogens with one attached hydrogen (secondary N) is 1. The number of nitrogens with zero attached hydrogens (tertiary/aromatic N) is 4. The predicted molar refractivity (Wildman–Crippen MR) is 136 cm³/mol. The molecule has 0 bridgehead atoms. The number of non-ortho nitro benzene ring substituents is 1. The Kier molecular flexibility index (Phi) is 8.04. The van der Waals surface area contributed by atoms with E-state index < -0.39 is 4.92 Å². The summed E-state index contributed by atoms with van der Waals surface area (Å²) in [5.74, 6) is 1.88. The van der Waals surface area contributed by atoms with Crippen LogP contribution in [0.1, 0.15) is 29.8 Å². The fourth-order valence-corrected chi connectivity index (χ4v) is 4.66. The highest BCUT2D eigenvalue weighted by Crippen LogP contribution is 2.25. The monoisotopic (exact) mass is 493 g/mol. The van der Waals surface area contributed by atoms with Gasteiger partial charge in [0.05, 0.1) is 12.0 Å². The van der Waals surface area contributed by atoms with E-state index in [1.54, 1.807) is 25.3 Å². The molecule has 2 aromatic carbocycles. The molecule has 1 saturated heterocycles. The molecule has 182 valence electrons. The van der Waals surface area contributed by atoms with Crippen LogP contribution in [0.15, 0.2) is 54.6 Å². The van der Waals surface area contributed by atoms with Gasteiger partial charge in [0.1, 0.15) is 11.6 Å². The van der Waals surface area contributed by atoms with E-state index in [0.29, 0.717) is 18.9 Å². The molecule has 0 atom stereocenters. The number of hydrogen-bond acceptors (Lipinski definition) is 8. The van der Waals surface area contributed by atoms with Crippen LogP contribution in [0.4, 0.5) is 10.8 Å². The second kappa shape index (κ2) is 11.6. The Balaban J connectivity index is 1.20. The second-order valence-corrected chi connectivity index (χ2v) is 9.11. The van der Waals surface area contributed by atoms with Crippen molar-refractivity contribution in [2.45, 2.75) is 19.3 Å². The number of carbonyl (C=O) groups is 1. The number of amides is 1. The molecule has 1 N–H and O–H groups in total. The summed E-state index contributed by atoms with van der Waals surface area (Å²) in [6.45, 7) is 2.38. The van der Waals surface area contributed by atoms with Crippen LogP contribution in [0.3, 0.4) is 0 Å². The summed E-state index contributed by atoms with van der Waals surface area (Å²) < 4.78 is 9.82. The molecule has 35 heavy (non-hydrogen) atoms. The summed E-state index contributed by atoms with van der Waals surface area (Å²) in [7, 11) is 1.66. The van der Waals surface area contributed by atoms with Gasteiger partial charge in [0.2, 0.25) is 11.0 Å². The molecule has 4 rings (SSSR count). The molecule has 1 aromatic heterocycles. The van der Waals surface area contributed by atoms with Gasteiger partial charge in [-0.25, -0.2) is 4.98 Å². The van der Waals surface area contributed by atoms with Gasteiger partial charge < -0.3 is 15.0 Å². The first-order valence-corrected chi connectivity index (χ1v) is 12.2. The molecule has 3 aromatic rings. The molecule has 10 heteroatoms. The van der Waals surface area contributed by atoms with Crippen molar-refractivity contribution in [1.82, 2.24) is 14.7 Å². The Morgan fingerprint density at radius 3 is 2.74 bits per heavy atom. The van der Waals surface area contributed by atoms with Crippen molar-refractivity contribution in [3.63, 3.8) is 0 Å². The van der Waals surface area contributed by atoms with Gasteiger partial charge in [-0.15, -0.1) is 0 Å². The minimum Gasteiger partial charge on any atom is -0.497 e. The number of aromatic nitrogens is 2. The maximum absolute atomic E-state index is 12.2.